The highest BCUT2D eigenvalue weighted by Crippen LogP contribution is 2.22. The lowest BCUT2D eigenvalue weighted by atomic mass is 9.98. The van der Waals surface area contributed by atoms with Gasteiger partial charge >= 0.3 is 0 Å². The summed E-state index contributed by atoms with van der Waals surface area (Å²) in [4.78, 5) is 11.9. The van der Waals surface area contributed by atoms with Crippen LogP contribution >= 0.6 is 15.9 Å². The summed E-state index contributed by atoms with van der Waals surface area (Å²) in [6.07, 6.45) is 1.89. The molecule has 0 atom stereocenters. The van der Waals surface area contributed by atoms with E-state index in [1.54, 1.807) is 0 Å². The largest absolute Gasteiger partial charge is 0.394 e. The van der Waals surface area contributed by atoms with Gasteiger partial charge in [-0.15, -0.1) is 0 Å². The molecular weight excluding hydrogens is 318 g/mol. The normalized spacial score (nSPS) is 11.6. The van der Waals surface area contributed by atoms with Crippen LogP contribution in [0.4, 0.5) is 5.69 Å². The molecule has 8 heteroatoms. The van der Waals surface area contributed by atoms with Gasteiger partial charge in [0.05, 0.1) is 43.8 Å². The molecule has 0 aliphatic heterocycles. The first kappa shape index (κ1) is 16.1. The molecule has 108 valence electrons. The fraction of sp³-hybridized carbons (Fsp3) is 0.636. The van der Waals surface area contributed by atoms with Crippen LogP contribution in [0.1, 0.15) is 13.3 Å². The molecular formula is C11H18BrN3O4. The van der Waals surface area contributed by atoms with Gasteiger partial charge in [0.25, 0.3) is 5.56 Å². The molecule has 0 unspecified atom stereocenters. The SMILES string of the molecule is CCC(CO)(CO)Nc1cnn(CCO)c(=O)c1Br. The molecule has 0 aliphatic carbocycles. The van der Waals surface area contributed by atoms with Crippen molar-refractivity contribution in [1.29, 1.82) is 0 Å². The maximum absolute atomic E-state index is 11.9. The number of hydrogen-bond acceptors (Lipinski definition) is 6. The van der Waals surface area contributed by atoms with Crippen molar-refractivity contribution in [3.05, 3.63) is 21.0 Å². The Morgan fingerprint density at radius 2 is 2.05 bits per heavy atom. The predicted molar refractivity (Wildman–Crippen MR) is 74.1 cm³/mol. The van der Waals surface area contributed by atoms with Crippen molar-refractivity contribution in [1.82, 2.24) is 9.78 Å². The molecule has 0 aromatic carbocycles. The van der Waals surface area contributed by atoms with Crippen LogP contribution < -0.4 is 10.9 Å². The van der Waals surface area contributed by atoms with E-state index in [1.807, 2.05) is 6.92 Å². The molecule has 1 rings (SSSR count). The minimum Gasteiger partial charge on any atom is -0.394 e. The van der Waals surface area contributed by atoms with Gasteiger partial charge in [0.1, 0.15) is 4.47 Å². The Labute approximate surface area is 119 Å². The van der Waals surface area contributed by atoms with Crippen molar-refractivity contribution in [2.75, 3.05) is 25.1 Å². The summed E-state index contributed by atoms with van der Waals surface area (Å²) in [6, 6.07) is 0. The third kappa shape index (κ3) is 3.53. The average molecular weight is 336 g/mol. The molecule has 0 bridgehead atoms. The molecule has 0 radical (unpaired) electrons. The highest BCUT2D eigenvalue weighted by molar-refractivity contribution is 9.10. The van der Waals surface area contributed by atoms with E-state index in [9.17, 15) is 15.0 Å². The molecule has 7 nitrogen and oxygen atoms in total. The summed E-state index contributed by atoms with van der Waals surface area (Å²) in [5, 5.41) is 34.4. The maximum Gasteiger partial charge on any atom is 0.283 e. The Kier molecular flexibility index (Phi) is 5.92. The standard InChI is InChI=1S/C11H18BrN3O4/c1-2-11(6-17,7-18)14-8-5-13-15(3-4-16)10(19)9(8)12/h5,14,16-18H,2-4,6-7H2,1H3. The van der Waals surface area contributed by atoms with Crippen molar-refractivity contribution >= 4 is 21.6 Å². The van der Waals surface area contributed by atoms with Crippen LogP contribution in [0.15, 0.2) is 15.5 Å². The van der Waals surface area contributed by atoms with Crippen LogP contribution in [0.25, 0.3) is 0 Å². The second-order valence-corrected chi connectivity index (χ2v) is 4.99. The summed E-state index contributed by atoms with van der Waals surface area (Å²) in [7, 11) is 0. The number of aliphatic hydroxyl groups is 3. The lowest BCUT2D eigenvalue weighted by Gasteiger charge is -2.31. The summed E-state index contributed by atoms with van der Waals surface area (Å²) < 4.78 is 1.37. The second-order valence-electron chi connectivity index (χ2n) is 4.20. The van der Waals surface area contributed by atoms with Gasteiger partial charge in [-0.2, -0.15) is 5.10 Å². The Bertz CT molecular complexity index is 465. The van der Waals surface area contributed by atoms with Gasteiger partial charge in [-0.25, -0.2) is 4.68 Å². The van der Waals surface area contributed by atoms with Gasteiger partial charge in [-0.3, -0.25) is 4.79 Å². The smallest absolute Gasteiger partial charge is 0.283 e. The van der Waals surface area contributed by atoms with Crippen LogP contribution in [-0.4, -0.2) is 50.5 Å². The highest BCUT2D eigenvalue weighted by atomic mass is 79.9. The zero-order valence-electron chi connectivity index (χ0n) is 10.6. The number of hydrogen-bond donors (Lipinski definition) is 4. The molecule has 0 spiro atoms. The van der Waals surface area contributed by atoms with E-state index < -0.39 is 5.54 Å². The molecule has 1 heterocycles. The van der Waals surface area contributed by atoms with Crippen molar-refractivity contribution in [2.45, 2.75) is 25.4 Å². The summed E-state index contributed by atoms with van der Waals surface area (Å²) in [5.41, 5.74) is -0.899. The molecule has 1 aromatic heterocycles. The second kappa shape index (κ2) is 6.99. The molecule has 0 saturated carbocycles. The predicted octanol–water partition coefficient (Wildman–Crippen LogP) is -0.457. The topological polar surface area (TPSA) is 108 Å². The number of anilines is 1. The zero-order valence-corrected chi connectivity index (χ0v) is 12.2. The lowest BCUT2D eigenvalue weighted by molar-refractivity contribution is 0.132. The van der Waals surface area contributed by atoms with Crippen LogP contribution in [0.5, 0.6) is 0 Å². The van der Waals surface area contributed by atoms with Gasteiger partial charge in [-0.1, -0.05) is 6.92 Å². The van der Waals surface area contributed by atoms with Gasteiger partial charge in [0, 0.05) is 0 Å². The quantitative estimate of drug-likeness (QED) is 0.537. The Morgan fingerprint density at radius 3 is 2.53 bits per heavy atom. The first-order valence-electron chi connectivity index (χ1n) is 5.90. The Hall–Kier alpha value is -0.960. The van der Waals surface area contributed by atoms with E-state index in [0.29, 0.717) is 12.1 Å². The number of halogens is 1. The maximum atomic E-state index is 11.9. The van der Waals surface area contributed by atoms with E-state index >= 15 is 0 Å². The van der Waals surface area contributed by atoms with Crippen molar-refractivity contribution in [3.63, 3.8) is 0 Å². The van der Waals surface area contributed by atoms with Gasteiger partial charge in [-0.05, 0) is 22.4 Å². The van der Waals surface area contributed by atoms with Crippen LogP contribution in [0, 0.1) is 0 Å². The lowest BCUT2D eigenvalue weighted by Crippen LogP contribution is -2.45. The molecule has 0 amide bonds. The summed E-state index contributed by atoms with van der Waals surface area (Å²) >= 11 is 3.16. The van der Waals surface area contributed by atoms with Gasteiger partial charge in [0.15, 0.2) is 0 Å². The minimum atomic E-state index is -0.903. The van der Waals surface area contributed by atoms with E-state index in [4.69, 9.17) is 5.11 Å². The van der Waals surface area contributed by atoms with E-state index in [0.717, 1.165) is 4.68 Å². The van der Waals surface area contributed by atoms with E-state index in [1.165, 1.54) is 6.20 Å². The minimum absolute atomic E-state index is 0.108. The Balaban J connectivity index is 3.09. The van der Waals surface area contributed by atoms with Gasteiger partial charge < -0.3 is 20.6 Å². The average Bonchev–Trinajstić information content (AvgIpc) is 2.44. The zero-order chi connectivity index (χ0) is 14.5. The number of nitrogens with zero attached hydrogens (tertiary/aromatic N) is 2. The summed E-state index contributed by atoms with van der Waals surface area (Å²) in [5.74, 6) is 0. The molecule has 4 N–H and O–H groups in total. The Morgan fingerprint density at radius 1 is 1.42 bits per heavy atom. The molecule has 0 fully saturated rings. The third-order valence-electron chi connectivity index (χ3n) is 2.98. The van der Waals surface area contributed by atoms with Crippen molar-refractivity contribution in [3.8, 4) is 0 Å². The first-order chi connectivity index (χ1) is 9.03. The van der Waals surface area contributed by atoms with Crippen molar-refractivity contribution in [2.24, 2.45) is 0 Å². The van der Waals surface area contributed by atoms with Gasteiger partial charge in [0.2, 0.25) is 0 Å². The third-order valence-corrected chi connectivity index (χ3v) is 3.74. The van der Waals surface area contributed by atoms with Crippen molar-refractivity contribution < 1.29 is 15.3 Å². The molecule has 19 heavy (non-hydrogen) atoms. The molecule has 0 saturated heterocycles. The number of aromatic nitrogens is 2. The number of aliphatic hydroxyl groups excluding tert-OH is 3. The first-order valence-corrected chi connectivity index (χ1v) is 6.69. The fourth-order valence-corrected chi connectivity index (χ4v) is 1.94. The number of nitrogens with one attached hydrogen (secondary N) is 1. The van der Waals surface area contributed by atoms with Crippen LogP contribution in [-0.2, 0) is 6.54 Å². The number of rotatable bonds is 7. The molecule has 0 aliphatic rings. The fourth-order valence-electron chi connectivity index (χ4n) is 1.53. The van der Waals surface area contributed by atoms with E-state index in [2.05, 4.69) is 26.3 Å². The molecule has 1 aromatic rings. The van der Waals surface area contributed by atoms with E-state index in [-0.39, 0.29) is 36.4 Å². The van der Waals surface area contributed by atoms with Crippen LogP contribution in [0.3, 0.4) is 0 Å². The summed E-state index contributed by atoms with van der Waals surface area (Å²) in [6.45, 7) is 1.20. The van der Waals surface area contributed by atoms with Crippen LogP contribution in [0.2, 0.25) is 0 Å². The monoisotopic (exact) mass is 335 g/mol. The highest BCUT2D eigenvalue weighted by Gasteiger charge is 2.27.